The number of carbonyl (C=O) groups excluding carboxylic acids is 4. The van der Waals surface area contributed by atoms with Gasteiger partial charge in [-0.05, 0) is 60.6 Å². The number of hydrogen-bond acceptors (Lipinski definition) is 5. The fraction of sp³-hybridized carbons (Fsp3) is 0.484. The van der Waals surface area contributed by atoms with Gasteiger partial charge in [0.25, 0.3) is 0 Å². The molecule has 3 rings (SSSR count). The summed E-state index contributed by atoms with van der Waals surface area (Å²) in [6, 6.07) is 6.72. The number of fused-ring (bicyclic) bond motifs is 1. The van der Waals surface area contributed by atoms with Crippen molar-refractivity contribution in [3.8, 4) is 5.75 Å². The summed E-state index contributed by atoms with van der Waals surface area (Å²) >= 11 is 0. The third-order valence-corrected chi connectivity index (χ3v) is 7.06. The fourth-order valence-electron chi connectivity index (χ4n) is 5.04. The van der Waals surface area contributed by atoms with Gasteiger partial charge in [0.15, 0.2) is 5.78 Å². The number of halogens is 2. The van der Waals surface area contributed by atoms with E-state index < -0.39 is 35.5 Å². The monoisotopic (exact) mass is 571 g/mol. The van der Waals surface area contributed by atoms with Crippen LogP contribution in [-0.4, -0.2) is 42.7 Å². The highest BCUT2D eigenvalue weighted by Gasteiger charge is 2.33. The lowest BCUT2D eigenvalue weighted by atomic mass is 9.96. The lowest BCUT2D eigenvalue weighted by molar-refractivity contribution is -0.132. The first-order chi connectivity index (χ1) is 19.4. The maximum Gasteiger partial charge on any atom is 0.243 e. The number of carbonyl (C=O) groups is 4. The molecule has 8 nitrogen and oxygen atoms in total. The standard InChI is InChI=1S/C31H39F2N3O5/c1-17(2)11-26(30(39)34-16-23-24(32)7-6-8-25(23)33)36-31(40)27(12-18(3)4)35-29(38)14-19-13-28(37)21-10-9-20(41-5)15-22(19)21/h6-10,15,17-19,26-27H,11-14,16H2,1-5H3,(H,34,39)(H,35,38)(H,36,40)/t19?,26-,27+/m1/s1. The number of methoxy groups -OCH3 is 1. The molecule has 10 heteroatoms. The van der Waals surface area contributed by atoms with Crippen molar-refractivity contribution in [2.24, 2.45) is 11.8 Å². The molecule has 222 valence electrons. The summed E-state index contributed by atoms with van der Waals surface area (Å²) in [7, 11) is 1.53. The van der Waals surface area contributed by atoms with Crippen LogP contribution in [0.25, 0.3) is 0 Å². The van der Waals surface area contributed by atoms with E-state index in [0.29, 0.717) is 17.7 Å². The third kappa shape index (κ3) is 8.58. The molecule has 0 aromatic heterocycles. The normalized spacial score (nSPS) is 15.8. The molecule has 1 unspecified atom stereocenters. The van der Waals surface area contributed by atoms with Crippen molar-refractivity contribution >= 4 is 23.5 Å². The van der Waals surface area contributed by atoms with Gasteiger partial charge in [-0.1, -0.05) is 33.8 Å². The molecule has 0 radical (unpaired) electrons. The minimum Gasteiger partial charge on any atom is -0.497 e. The lowest BCUT2D eigenvalue weighted by Crippen LogP contribution is -2.54. The van der Waals surface area contributed by atoms with Crippen LogP contribution in [0.1, 0.15) is 80.8 Å². The summed E-state index contributed by atoms with van der Waals surface area (Å²) in [6.07, 6.45) is 0.804. The molecule has 3 N–H and O–H groups in total. The zero-order chi connectivity index (χ0) is 30.3. The molecule has 3 amide bonds. The summed E-state index contributed by atoms with van der Waals surface area (Å²) in [4.78, 5) is 51.9. The Morgan fingerprint density at radius 3 is 2.12 bits per heavy atom. The largest absolute Gasteiger partial charge is 0.497 e. The molecule has 0 heterocycles. The summed E-state index contributed by atoms with van der Waals surface area (Å²) in [6.45, 7) is 7.20. The van der Waals surface area contributed by atoms with Crippen LogP contribution in [0.5, 0.6) is 5.75 Å². The molecule has 0 spiro atoms. The Hall–Kier alpha value is -3.82. The van der Waals surface area contributed by atoms with Gasteiger partial charge in [-0.15, -0.1) is 0 Å². The van der Waals surface area contributed by atoms with Crippen molar-refractivity contribution in [2.45, 2.75) is 77.9 Å². The van der Waals surface area contributed by atoms with E-state index in [-0.39, 0.29) is 60.8 Å². The number of rotatable bonds is 13. The van der Waals surface area contributed by atoms with Crippen LogP contribution in [0.15, 0.2) is 36.4 Å². The Kier molecular flexibility index (Phi) is 11.0. The predicted molar refractivity (Wildman–Crippen MR) is 150 cm³/mol. The lowest BCUT2D eigenvalue weighted by Gasteiger charge is -2.25. The van der Waals surface area contributed by atoms with Gasteiger partial charge < -0.3 is 20.7 Å². The second-order valence-electron chi connectivity index (χ2n) is 11.3. The highest BCUT2D eigenvalue weighted by Crippen LogP contribution is 2.37. The van der Waals surface area contributed by atoms with E-state index in [2.05, 4.69) is 16.0 Å². The summed E-state index contributed by atoms with van der Waals surface area (Å²) in [5.41, 5.74) is 1.04. The van der Waals surface area contributed by atoms with Crippen LogP contribution in [0, 0.1) is 23.5 Å². The number of amides is 3. The van der Waals surface area contributed by atoms with Crippen LogP contribution >= 0.6 is 0 Å². The average molecular weight is 572 g/mol. The SMILES string of the molecule is COc1ccc2c(c1)C(CC(=O)N[C@@H](CC(C)C)C(=O)N[C@H](CC(C)C)C(=O)NCc1c(F)cccc1F)CC2=O. The van der Waals surface area contributed by atoms with Gasteiger partial charge in [0.2, 0.25) is 17.7 Å². The van der Waals surface area contributed by atoms with Gasteiger partial charge >= 0.3 is 0 Å². The molecule has 1 aliphatic rings. The molecule has 0 aliphatic heterocycles. The molecule has 1 aliphatic carbocycles. The molecule has 0 bridgehead atoms. The number of Topliss-reactive ketones (excluding diaryl/α,β-unsaturated/α-hetero) is 1. The molecule has 0 saturated heterocycles. The smallest absolute Gasteiger partial charge is 0.243 e. The van der Waals surface area contributed by atoms with E-state index in [1.54, 1.807) is 18.2 Å². The van der Waals surface area contributed by atoms with Crippen LogP contribution in [0.2, 0.25) is 0 Å². The average Bonchev–Trinajstić information content (AvgIpc) is 3.20. The van der Waals surface area contributed by atoms with E-state index in [9.17, 15) is 28.0 Å². The number of nitrogens with one attached hydrogen (secondary N) is 3. The molecule has 3 atom stereocenters. The van der Waals surface area contributed by atoms with Gasteiger partial charge in [-0.25, -0.2) is 8.78 Å². The molecule has 41 heavy (non-hydrogen) atoms. The van der Waals surface area contributed by atoms with E-state index >= 15 is 0 Å². The van der Waals surface area contributed by atoms with E-state index in [1.165, 1.54) is 13.2 Å². The van der Waals surface area contributed by atoms with E-state index in [1.807, 2.05) is 27.7 Å². The van der Waals surface area contributed by atoms with Gasteiger partial charge in [0.1, 0.15) is 29.5 Å². The highest BCUT2D eigenvalue weighted by atomic mass is 19.1. The topological polar surface area (TPSA) is 114 Å². The van der Waals surface area contributed by atoms with Crippen molar-refractivity contribution in [3.63, 3.8) is 0 Å². The Balaban J connectivity index is 1.69. The summed E-state index contributed by atoms with van der Waals surface area (Å²) in [5.74, 6) is -2.79. The molecule has 0 fully saturated rings. The Morgan fingerprint density at radius 2 is 1.54 bits per heavy atom. The highest BCUT2D eigenvalue weighted by molar-refractivity contribution is 6.02. The second-order valence-corrected chi connectivity index (χ2v) is 11.3. The second kappa shape index (κ2) is 14.2. The first-order valence-corrected chi connectivity index (χ1v) is 13.9. The maximum absolute atomic E-state index is 14.0. The first kappa shape index (κ1) is 31.7. The minimum atomic E-state index is -0.976. The number of hydrogen-bond donors (Lipinski definition) is 3. The molecule has 2 aromatic rings. The van der Waals surface area contributed by atoms with Gasteiger partial charge in [0, 0.05) is 36.4 Å². The number of benzene rings is 2. The van der Waals surface area contributed by atoms with Crippen LogP contribution in [0.4, 0.5) is 8.78 Å². The van der Waals surface area contributed by atoms with E-state index in [4.69, 9.17) is 4.74 Å². The van der Waals surface area contributed by atoms with Gasteiger partial charge in [0.05, 0.1) is 7.11 Å². The first-order valence-electron chi connectivity index (χ1n) is 13.9. The Labute approximate surface area is 239 Å². The number of ketones is 1. The zero-order valence-electron chi connectivity index (χ0n) is 24.2. The number of ether oxygens (including phenoxy) is 1. The van der Waals surface area contributed by atoms with Crippen molar-refractivity contribution in [1.29, 1.82) is 0 Å². The van der Waals surface area contributed by atoms with Gasteiger partial charge in [-0.2, -0.15) is 0 Å². The quantitative estimate of drug-likeness (QED) is 0.330. The van der Waals surface area contributed by atoms with Gasteiger partial charge in [-0.3, -0.25) is 19.2 Å². The predicted octanol–water partition coefficient (Wildman–Crippen LogP) is 4.41. The molecular formula is C31H39F2N3O5. The van der Waals surface area contributed by atoms with Crippen LogP contribution in [-0.2, 0) is 20.9 Å². The zero-order valence-corrected chi connectivity index (χ0v) is 24.2. The Morgan fingerprint density at radius 1 is 0.927 bits per heavy atom. The van der Waals surface area contributed by atoms with Crippen LogP contribution < -0.4 is 20.7 Å². The molecule has 0 saturated carbocycles. The fourth-order valence-corrected chi connectivity index (χ4v) is 5.04. The van der Waals surface area contributed by atoms with E-state index in [0.717, 1.165) is 17.7 Å². The maximum atomic E-state index is 14.0. The summed E-state index contributed by atoms with van der Waals surface area (Å²) in [5, 5.41) is 8.05. The minimum absolute atomic E-state index is 0.0118. The van der Waals surface area contributed by atoms with Crippen molar-refractivity contribution < 1.29 is 32.7 Å². The van der Waals surface area contributed by atoms with Crippen molar-refractivity contribution in [2.75, 3.05) is 7.11 Å². The van der Waals surface area contributed by atoms with Crippen LogP contribution in [0.3, 0.4) is 0 Å². The molecular weight excluding hydrogens is 532 g/mol. The Bertz CT molecular complexity index is 1260. The van der Waals surface area contributed by atoms with Crippen molar-refractivity contribution in [3.05, 3.63) is 64.7 Å². The van der Waals surface area contributed by atoms with Crippen molar-refractivity contribution in [1.82, 2.24) is 16.0 Å². The summed E-state index contributed by atoms with van der Waals surface area (Å²) < 4.78 is 33.3. The molecule has 2 aromatic carbocycles. The third-order valence-electron chi connectivity index (χ3n) is 7.06.